The summed E-state index contributed by atoms with van der Waals surface area (Å²) in [5.41, 5.74) is 0. The highest BCUT2D eigenvalue weighted by Crippen LogP contribution is 2.22. The lowest BCUT2D eigenvalue weighted by Crippen LogP contribution is -2.31. The van der Waals surface area contributed by atoms with E-state index in [4.69, 9.17) is 23.2 Å². The minimum Gasteiger partial charge on any atom is -0.469 e. The average molecular weight is 334 g/mol. The maximum atomic E-state index is 11.8. The number of esters is 1. The normalized spacial score (nSPS) is 10.5. The third-order valence-corrected chi connectivity index (χ3v) is 3.12. The van der Waals surface area contributed by atoms with E-state index in [1.165, 1.54) is 19.4 Å². The van der Waals surface area contributed by atoms with Gasteiger partial charge in [0.05, 0.1) is 23.7 Å². The van der Waals surface area contributed by atoms with Crippen LogP contribution in [0.15, 0.2) is 12.3 Å². The van der Waals surface area contributed by atoms with Gasteiger partial charge in [0.1, 0.15) is 0 Å². The molecule has 1 N–H and O–H groups in total. The first kappa shape index (κ1) is 17.7. The van der Waals surface area contributed by atoms with E-state index < -0.39 is 0 Å². The van der Waals surface area contributed by atoms with Crippen LogP contribution in [0.5, 0.6) is 0 Å². The molecule has 0 aliphatic heterocycles. The Morgan fingerprint density at radius 2 is 2.14 bits per heavy atom. The number of hydrogen-bond acceptors (Lipinski definition) is 5. The highest BCUT2D eigenvalue weighted by molar-refractivity contribution is 6.36. The van der Waals surface area contributed by atoms with Crippen LogP contribution in [-0.2, 0) is 14.3 Å². The Morgan fingerprint density at radius 3 is 2.76 bits per heavy atom. The summed E-state index contributed by atoms with van der Waals surface area (Å²) in [6.07, 6.45) is 2.35. The molecule has 0 aromatic carbocycles. The summed E-state index contributed by atoms with van der Waals surface area (Å²) in [5, 5.41) is 3.29. The number of methoxy groups -OCH3 is 1. The molecule has 0 spiro atoms. The van der Waals surface area contributed by atoms with Crippen molar-refractivity contribution < 1.29 is 14.3 Å². The SMILES string of the molecule is COC(=O)CCCN(C)CC(=O)Nc1ncc(Cl)cc1Cl. The fourth-order valence-electron chi connectivity index (χ4n) is 1.60. The highest BCUT2D eigenvalue weighted by Gasteiger charge is 2.11. The van der Waals surface area contributed by atoms with E-state index in [9.17, 15) is 9.59 Å². The number of aromatic nitrogens is 1. The van der Waals surface area contributed by atoms with Crippen LogP contribution < -0.4 is 5.32 Å². The van der Waals surface area contributed by atoms with Gasteiger partial charge in [-0.3, -0.25) is 14.5 Å². The van der Waals surface area contributed by atoms with Crippen LogP contribution in [-0.4, -0.2) is 49.0 Å². The number of pyridine rings is 1. The van der Waals surface area contributed by atoms with Gasteiger partial charge >= 0.3 is 5.97 Å². The number of carbonyl (C=O) groups excluding carboxylic acids is 2. The second-order valence-electron chi connectivity index (χ2n) is 4.45. The molecule has 1 amide bonds. The lowest BCUT2D eigenvalue weighted by molar-refractivity contribution is -0.140. The van der Waals surface area contributed by atoms with E-state index in [1.807, 2.05) is 0 Å². The molecular weight excluding hydrogens is 317 g/mol. The standard InChI is InChI=1S/C13H17Cl2N3O3/c1-18(5-3-4-12(20)21-2)8-11(19)17-13-10(15)6-9(14)7-16-13/h6-7H,3-5,8H2,1-2H3,(H,16,17,19). The van der Waals surface area contributed by atoms with Gasteiger partial charge in [0.15, 0.2) is 5.82 Å². The number of ether oxygens (including phenoxy) is 1. The average Bonchev–Trinajstić information content (AvgIpc) is 2.41. The molecule has 0 atom stereocenters. The lowest BCUT2D eigenvalue weighted by atomic mass is 10.3. The molecule has 0 saturated carbocycles. The van der Waals surface area contributed by atoms with E-state index >= 15 is 0 Å². The number of amides is 1. The van der Waals surface area contributed by atoms with Crippen molar-refractivity contribution >= 4 is 40.9 Å². The van der Waals surface area contributed by atoms with Gasteiger partial charge in [-0.15, -0.1) is 0 Å². The monoisotopic (exact) mass is 333 g/mol. The predicted octanol–water partition coefficient (Wildman–Crippen LogP) is 2.21. The van der Waals surface area contributed by atoms with Crippen LogP contribution in [0.25, 0.3) is 0 Å². The lowest BCUT2D eigenvalue weighted by Gasteiger charge is -2.15. The van der Waals surface area contributed by atoms with Crippen LogP contribution in [0.4, 0.5) is 5.82 Å². The third-order valence-electron chi connectivity index (χ3n) is 2.63. The molecule has 8 heteroatoms. The van der Waals surface area contributed by atoms with Gasteiger partial charge in [-0.2, -0.15) is 0 Å². The number of anilines is 1. The van der Waals surface area contributed by atoms with E-state index in [0.717, 1.165) is 0 Å². The molecule has 116 valence electrons. The summed E-state index contributed by atoms with van der Waals surface area (Å²) in [4.78, 5) is 28.5. The van der Waals surface area contributed by atoms with Crippen molar-refractivity contribution in [3.8, 4) is 0 Å². The Morgan fingerprint density at radius 1 is 1.43 bits per heavy atom. The number of nitrogens with zero attached hydrogens (tertiary/aromatic N) is 2. The van der Waals surface area contributed by atoms with Crippen LogP contribution in [0.3, 0.4) is 0 Å². The molecule has 1 aromatic heterocycles. The largest absolute Gasteiger partial charge is 0.469 e. The molecular formula is C13H17Cl2N3O3. The van der Waals surface area contributed by atoms with Crippen LogP contribution in [0.1, 0.15) is 12.8 Å². The van der Waals surface area contributed by atoms with Crippen LogP contribution in [0.2, 0.25) is 10.0 Å². The van der Waals surface area contributed by atoms with Crippen molar-refractivity contribution in [1.29, 1.82) is 0 Å². The number of carbonyl (C=O) groups is 2. The fourth-order valence-corrected chi connectivity index (χ4v) is 2.03. The highest BCUT2D eigenvalue weighted by atomic mass is 35.5. The number of hydrogen-bond donors (Lipinski definition) is 1. The molecule has 0 bridgehead atoms. The summed E-state index contributed by atoms with van der Waals surface area (Å²) in [6, 6.07) is 1.51. The number of rotatable bonds is 7. The molecule has 0 saturated heterocycles. The second kappa shape index (κ2) is 8.81. The van der Waals surface area contributed by atoms with Crippen molar-refractivity contribution in [1.82, 2.24) is 9.88 Å². The molecule has 0 unspecified atom stereocenters. The smallest absolute Gasteiger partial charge is 0.305 e. The fraction of sp³-hybridized carbons (Fsp3) is 0.462. The van der Waals surface area contributed by atoms with Crippen LogP contribution >= 0.6 is 23.2 Å². The van der Waals surface area contributed by atoms with Crippen molar-refractivity contribution in [2.45, 2.75) is 12.8 Å². The Labute approximate surface area is 133 Å². The molecule has 0 fully saturated rings. The van der Waals surface area contributed by atoms with Gasteiger partial charge in [0.2, 0.25) is 5.91 Å². The van der Waals surface area contributed by atoms with Crippen molar-refractivity contribution in [3.63, 3.8) is 0 Å². The molecule has 0 aliphatic rings. The Bertz CT molecular complexity index is 511. The first-order valence-corrected chi connectivity index (χ1v) is 7.04. The Hall–Kier alpha value is -1.37. The molecule has 21 heavy (non-hydrogen) atoms. The zero-order valence-corrected chi connectivity index (χ0v) is 13.4. The summed E-state index contributed by atoms with van der Waals surface area (Å²) in [6.45, 7) is 0.770. The van der Waals surface area contributed by atoms with Gasteiger partial charge in [0.25, 0.3) is 0 Å². The van der Waals surface area contributed by atoms with E-state index in [1.54, 1.807) is 11.9 Å². The first-order valence-electron chi connectivity index (χ1n) is 6.28. The summed E-state index contributed by atoms with van der Waals surface area (Å²) < 4.78 is 4.54. The van der Waals surface area contributed by atoms with Gasteiger partial charge < -0.3 is 10.1 Å². The van der Waals surface area contributed by atoms with Crippen molar-refractivity contribution in [2.24, 2.45) is 0 Å². The van der Waals surface area contributed by atoms with Crippen LogP contribution in [0, 0.1) is 0 Å². The number of likely N-dealkylation sites (N-methyl/N-ethyl adjacent to an activating group) is 1. The topological polar surface area (TPSA) is 71.5 Å². The number of halogens is 2. The second-order valence-corrected chi connectivity index (χ2v) is 5.29. The maximum Gasteiger partial charge on any atom is 0.305 e. The molecule has 6 nitrogen and oxygen atoms in total. The Kier molecular flexibility index (Phi) is 7.42. The van der Waals surface area contributed by atoms with Gasteiger partial charge in [-0.05, 0) is 26.1 Å². The van der Waals surface area contributed by atoms with Gasteiger partial charge in [-0.1, -0.05) is 23.2 Å². The zero-order chi connectivity index (χ0) is 15.8. The summed E-state index contributed by atoms with van der Waals surface area (Å²) >= 11 is 11.6. The first-order chi connectivity index (χ1) is 9.92. The predicted molar refractivity (Wildman–Crippen MR) is 81.6 cm³/mol. The van der Waals surface area contributed by atoms with Gasteiger partial charge in [0, 0.05) is 12.6 Å². The quantitative estimate of drug-likeness (QED) is 0.774. The minimum atomic E-state index is -0.259. The van der Waals surface area contributed by atoms with Gasteiger partial charge in [-0.25, -0.2) is 4.98 Å². The molecule has 1 aromatic rings. The molecule has 1 rings (SSSR count). The third kappa shape index (κ3) is 6.75. The van der Waals surface area contributed by atoms with Crippen molar-refractivity contribution in [2.75, 3.05) is 32.6 Å². The summed E-state index contributed by atoms with van der Waals surface area (Å²) in [7, 11) is 3.14. The molecule has 0 aliphatic carbocycles. The summed E-state index contributed by atoms with van der Waals surface area (Å²) in [5.74, 6) is -0.230. The zero-order valence-electron chi connectivity index (χ0n) is 11.9. The van der Waals surface area contributed by atoms with E-state index in [2.05, 4.69) is 15.0 Å². The number of nitrogens with one attached hydrogen (secondary N) is 1. The van der Waals surface area contributed by atoms with E-state index in [0.29, 0.717) is 24.4 Å². The Balaban J connectivity index is 2.37. The minimum absolute atomic E-state index is 0.168. The maximum absolute atomic E-state index is 11.8. The van der Waals surface area contributed by atoms with E-state index in [-0.39, 0.29) is 29.3 Å². The van der Waals surface area contributed by atoms with Crippen molar-refractivity contribution in [3.05, 3.63) is 22.3 Å². The molecule has 0 radical (unpaired) electrons. The molecule has 1 heterocycles.